The van der Waals surface area contributed by atoms with Gasteiger partial charge >= 0.3 is 0 Å². The van der Waals surface area contributed by atoms with Crippen LogP contribution in [0, 0.1) is 5.82 Å². The average molecular weight is 351 g/mol. The van der Waals surface area contributed by atoms with E-state index >= 15 is 0 Å². The van der Waals surface area contributed by atoms with E-state index in [0.717, 1.165) is 35.4 Å². The Bertz CT molecular complexity index is 603. The molecule has 2 atom stereocenters. The first kappa shape index (κ1) is 17.5. The van der Waals surface area contributed by atoms with Crippen LogP contribution < -0.4 is 10.6 Å². The number of thioether (sulfide) groups is 1. The summed E-state index contributed by atoms with van der Waals surface area (Å²) < 4.78 is 13.5. The van der Waals surface area contributed by atoms with Crippen molar-refractivity contribution in [3.05, 3.63) is 29.6 Å². The number of hydrogen-bond donors (Lipinski definition) is 2. The Morgan fingerprint density at radius 2 is 2.21 bits per heavy atom. The lowest BCUT2D eigenvalue weighted by atomic mass is 10.2. The normalized spacial score (nSPS) is 25.1. The zero-order chi connectivity index (χ0) is 17.1. The second-order valence-electron chi connectivity index (χ2n) is 6.74. The monoisotopic (exact) mass is 350 g/mol. The fourth-order valence-electron chi connectivity index (χ4n) is 3.53. The molecule has 1 aromatic rings. The maximum Gasteiger partial charge on any atom is 0.191 e. The smallest absolute Gasteiger partial charge is 0.191 e. The zero-order valence-corrected chi connectivity index (χ0v) is 15.5. The predicted octanol–water partition coefficient (Wildman–Crippen LogP) is 2.84. The van der Waals surface area contributed by atoms with Crippen LogP contribution in [0.4, 0.5) is 4.39 Å². The van der Waals surface area contributed by atoms with Gasteiger partial charge in [0.1, 0.15) is 5.82 Å². The molecular formula is C18H27FN4S. The second kappa shape index (κ2) is 7.74. The van der Waals surface area contributed by atoms with Crippen LogP contribution in [0.5, 0.6) is 0 Å². The molecule has 3 rings (SSSR count). The number of rotatable bonds is 5. The highest BCUT2D eigenvalue weighted by atomic mass is 32.2. The molecule has 1 aliphatic heterocycles. The summed E-state index contributed by atoms with van der Waals surface area (Å²) in [5.41, 5.74) is 0.963. The molecule has 0 radical (unpaired) electrons. The number of nitrogens with zero attached hydrogens (tertiary/aromatic N) is 2. The molecule has 4 nitrogen and oxygen atoms in total. The molecule has 24 heavy (non-hydrogen) atoms. The standard InChI is InChI=1S/C18H27FN4S/c1-12-8-15(11-23(12)16-5-6-16)22-18(20-2)21-10-13-9-14(19)4-7-17(13)24-3/h4,7,9,12,15-16H,5-6,8,10-11H2,1-3H3,(H2,20,21,22). The number of aliphatic imine (C=N–C) groups is 1. The topological polar surface area (TPSA) is 39.7 Å². The first-order valence-corrected chi connectivity index (χ1v) is 9.88. The van der Waals surface area contributed by atoms with Gasteiger partial charge in [0.25, 0.3) is 0 Å². The molecule has 1 aliphatic carbocycles. The highest BCUT2D eigenvalue weighted by molar-refractivity contribution is 7.98. The Hall–Kier alpha value is -1.27. The second-order valence-corrected chi connectivity index (χ2v) is 7.58. The minimum atomic E-state index is -0.197. The maximum atomic E-state index is 13.5. The molecule has 0 bridgehead atoms. The Kier molecular flexibility index (Phi) is 5.66. The van der Waals surface area contributed by atoms with Gasteiger partial charge in [-0.1, -0.05) is 0 Å². The maximum absolute atomic E-state index is 13.5. The molecule has 1 heterocycles. The van der Waals surface area contributed by atoms with Crippen molar-refractivity contribution in [2.24, 2.45) is 4.99 Å². The molecule has 2 aliphatic rings. The first-order chi connectivity index (χ1) is 11.6. The molecule has 2 unspecified atom stereocenters. The summed E-state index contributed by atoms with van der Waals surface area (Å²) in [5.74, 6) is 0.596. The number of nitrogens with one attached hydrogen (secondary N) is 2. The summed E-state index contributed by atoms with van der Waals surface area (Å²) in [4.78, 5) is 8.04. The zero-order valence-electron chi connectivity index (χ0n) is 14.7. The molecule has 0 spiro atoms. The summed E-state index contributed by atoms with van der Waals surface area (Å²) >= 11 is 1.63. The fraction of sp³-hybridized carbons (Fsp3) is 0.611. The van der Waals surface area contributed by atoms with E-state index in [-0.39, 0.29) is 5.82 Å². The van der Waals surface area contributed by atoms with E-state index in [0.29, 0.717) is 18.6 Å². The predicted molar refractivity (Wildman–Crippen MR) is 99.1 cm³/mol. The molecule has 6 heteroatoms. The van der Waals surface area contributed by atoms with Crippen molar-refractivity contribution in [1.29, 1.82) is 0 Å². The number of benzene rings is 1. The van der Waals surface area contributed by atoms with E-state index < -0.39 is 0 Å². The lowest BCUT2D eigenvalue weighted by Crippen LogP contribution is -2.44. The molecule has 2 fully saturated rings. The lowest BCUT2D eigenvalue weighted by molar-refractivity contribution is 0.256. The van der Waals surface area contributed by atoms with Gasteiger partial charge < -0.3 is 10.6 Å². The van der Waals surface area contributed by atoms with Crippen LogP contribution in [0.2, 0.25) is 0 Å². The van der Waals surface area contributed by atoms with E-state index in [9.17, 15) is 4.39 Å². The lowest BCUT2D eigenvalue weighted by Gasteiger charge is -2.20. The van der Waals surface area contributed by atoms with Gasteiger partial charge in [-0.25, -0.2) is 4.39 Å². The third kappa shape index (κ3) is 4.22. The third-order valence-electron chi connectivity index (χ3n) is 4.89. The van der Waals surface area contributed by atoms with E-state index in [1.54, 1.807) is 24.9 Å². The first-order valence-electron chi connectivity index (χ1n) is 8.66. The van der Waals surface area contributed by atoms with E-state index in [1.807, 2.05) is 12.3 Å². The van der Waals surface area contributed by atoms with Gasteiger partial charge in [-0.05, 0) is 56.2 Å². The molecule has 1 saturated carbocycles. The Balaban J connectivity index is 1.55. The summed E-state index contributed by atoms with van der Waals surface area (Å²) in [6.45, 7) is 3.97. The van der Waals surface area contributed by atoms with Gasteiger partial charge in [0.2, 0.25) is 0 Å². The van der Waals surface area contributed by atoms with Gasteiger partial charge in [0.05, 0.1) is 0 Å². The van der Waals surface area contributed by atoms with Crippen LogP contribution in [-0.4, -0.2) is 48.8 Å². The highest BCUT2D eigenvalue weighted by Crippen LogP contribution is 2.33. The van der Waals surface area contributed by atoms with Crippen LogP contribution in [0.1, 0.15) is 31.7 Å². The van der Waals surface area contributed by atoms with Gasteiger partial charge in [-0.3, -0.25) is 9.89 Å². The van der Waals surface area contributed by atoms with Gasteiger partial charge in [0, 0.05) is 43.2 Å². The summed E-state index contributed by atoms with van der Waals surface area (Å²) in [6, 6.07) is 6.81. The minimum Gasteiger partial charge on any atom is -0.352 e. The van der Waals surface area contributed by atoms with Crippen molar-refractivity contribution >= 4 is 17.7 Å². The Morgan fingerprint density at radius 3 is 2.88 bits per heavy atom. The quantitative estimate of drug-likeness (QED) is 0.487. The number of hydrogen-bond acceptors (Lipinski definition) is 3. The van der Waals surface area contributed by atoms with Crippen molar-refractivity contribution < 1.29 is 4.39 Å². The van der Waals surface area contributed by atoms with Crippen molar-refractivity contribution in [3.8, 4) is 0 Å². The largest absolute Gasteiger partial charge is 0.352 e. The fourth-order valence-corrected chi connectivity index (χ4v) is 4.13. The summed E-state index contributed by atoms with van der Waals surface area (Å²) in [7, 11) is 1.79. The molecular weight excluding hydrogens is 323 g/mol. The summed E-state index contributed by atoms with van der Waals surface area (Å²) in [5, 5.41) is 6.86. The van der Waals surface area contributed by atoms with Gasteiger partial charge in [-0.2, -0.15) is 0 Å². The average Bonchev–Trinajstić information content (AvgIpc) is 3.35. The number of guanidine groups is 1. The Labute approximate surface area is 148 Å². The molecule has 0 aromatic heterocycles. The van der Waals surface area contributed by atoms with Gasteiger partial charge in [0.15, 0.2) is 5.96 Å². The minimum absolute atomic E-state index is 0.197. The SMILES string of the molecule is CN=C(NCc1cc(F)ccc1SC)NC1CC(C)N(C2CC2)C1. The number of halogens is 1. The van der Waals surface area contributed by atoms with Crippen LogP contribution in [0.15, 0.2) is 28.1 Å². The van der Waals surface area contributed by atoms with E-state index in [4.69, 9.17) is 0 Å². The van der Waals surface area contributed by atoms with Crippen molar-refractivity contribution in [2.45, 2.75) is 55.8 Å². The van der Waals surface area contributed by atoms with Crippen molar-refractivity contribution in [3.63, 3.8) is 0 Å². The van der Waals surface area contributed by atoms with E-state index in [1.165, 1.54) is 18.9 Å². The number of likely N-dealkylation sites (tertiary alicyclic amines) is 1. The molecule has 132 valence electrons. The van der Waals surface area contributed by atoms with E-state index in [2.05, 4.69) is 27.4 Å². The molecule has 0 amide bonds. The van der Waals surface area contributed by atoms with Crippen LogP contribution >= 0.6 is 11.8 Å². The molecule has 1 aromatic carbocycles. The van der Waals surface area contributed by atoms with Gasteiger partial charge in [-0.15, -0.1) is 11.8 Å². The molecule has 2 N–H and O–H groups in total. The summed E-state index contributed by atoms with van der Waals surface area (Å²) in [6.07, 6.45) is 5.85. The third-order valence-corrected chi connectivity index (χ3v) is 5.73. The van der Waals surface area contributed by atoms with Crippen LogP contribution in [-0.2, 0) is 6.54 Å². The molecule has 1 saturated heterocycles. The van der Waals surface area contributed by atoms with Crippen molar-refractivity contribution in [2.75, 3.05) is 19.8 Å². The van der Waals surface area contributed by atoms with Crippen LogP contribution in [0.25, 0.3) is 0 Å². The van der Waals surface area contributed by atoms with Crippen molar-refractivity contribution in [1.82, 2.24) is 15.5 Å². The highest BCUT2D eigenvalue weighted by Gasteiger charge is 2.38. The van der Waals surface area contributed by atoms with Crippen LogP contribution in [0.3, 0.4) is 0 Å². The Morgan fingerprint density at radius 1 is 1.42 bits per heavy atom.